The largest absolute Gasteiger partial charge is 0.353 e. The normalized spacial score (nSPS) is 12.5. The molecular formula is C14H27ClN6. The highest BCUT2D eigenvalue weighted by molar-refractivity contribution is 6.28. The molecule has 0 saturated heterocycles. The van der Waals surface area contributed by atoms with Crippen LogP contribution in [0.2, 0.25) is 5.28 Å². The Morgan fingerprint density at radius 3 is 2.38 bits per heavy atom. The molecule has 1 unspecified atom stereocenters. The standard InChI is InChI=1S/C14H27ClN6/c1-6-11(4)20(5)10-9-16-13-17-12(15)18-14(19-13)21(7-2)8-3/h11H,6-10H2,1-5H3,(H,16,17,18,19). The number of hydrogen-bond donors (Lipinski definition) is 1. The van der Waals surface area contributed by atoms with Gasteiger partial charge in [-0.15, -0.1) is 0 Å². The van der Waals surface area contributed by atoms with Gasteiger partial charge in [0.05, 0.1) is 0 Å². The summed E-state index contributed by atoms with van der Waals surface area (Å²) in [6.07, 6.45) is 1.14. The van der Waals surface area contributed by atoms with Crippen molar-refractivity contribution in [1.29, 1.82) is 0 Å². The van der Waals surface area contributed by atoms with E-state index in [0.717, 1.165) is 32.6 Å². The van der Waals surface area contributed by atoms with Crippen LogP contribution in [0.3, 0.4) is 0 Å². The molecule has 120 valence electrons. The number of nitrogens with zero attached hydrogens (tertiary/aromatic N) is 5. The topological polar surface area (TPSA) is 57.2 Å². The van der Waals surface area contributed by atoms with Crippen LogP contribution < -0.4 is 10.2 Å². The average Bonchev–Trinajstić information content (AvgIpc) is 2.47. The Morgan fingerprint density at radius 2 is 1.81 bits per heavy atom. The summed E-state index contributed by atoms with van der Waals surface area (Å²) in [7, 11) is 2.12. The van der Waals surface area contributed by atoms with E-state index in [-0.39, 0.29) is 5.28 Å². The summed E-state index contributed by atoms with van der Waals surface area (Å²) in [6.45, 7) is 11.9. The van der Waals surface area contributed by atoms with Crippen LogP contribution in [0.15, 0.2) is 0 Å². The van der Waals surface area contributed by atoms with E-state index in [0.29, 0.717) is 17.9 Å². The highest BCUT2D eigenvalue weighted by Crippen LogP contribution is 2.13. The molecule has 0 saturated carbocycles. The van der Waals surface area contributed by atoms with Crippen LogP contribution in [-0.2, 0) is 0 Å². The Bertz CT molecular complexity index is 424. The number of aromatic nitrogens is 3. The Balaban J connectivity index is 2.63. The molecule has 0 aliphatic carbocycles. The van der Waals surface area contributed by atoms with Gasteiger partial charge in [0.15, 0.2) is 0 Å². The smallest absolute Gasteiger partial charge is 0.231 e. The Labute approximate surface area is 132 Å². The van der Waals surface area contributed by atoms with Gasteiger partial charge in [0.25, 0.3) is 0 Å². The van der Waals surface area contributed by atoms with Gasteiger partial charge in [0, 0.05) is 32.2 Å². The lowest BCUT2D eigenvalue weighted by molar-refractivity contribution is 0.261. The first-order valence-corrected chi connectivity index (χ1v) is 8.00. The van der Waals surface area contributed by atoms with Crippen molar-refractivity contribution in [2.24, 2.45) is 0 Å². The lowest BCUT2D eigenvalue weighted by Gasteiger charge is -2.23. The van der Waals surface area contributed by atoms with Gasteiger partial charge in [-0.25, -0.2) is 0 Å². The minimum atomic E-state index is 0.227. The van der Waals surface area contributed by atoms with Gasteiger partial charge >= 0.3 is 0 Å². The number of hydrogen-bond acceptors (Lipinski definition) is 6. The fourth-order valence-corrected chi connectivity index (χ4v) is 2.10. The second-order valence-corrected chi connectivity index (χ2v) is 5.40. The predicted molar refractivity (Wildman–Crippen MR) is 89.3 cm³/mol. The third-order valence-electron chi connectivity index (χ3n) is 3.73. The van der Waals surface area contributed by atoms with Gasteiger partial charge < -0.3 is 15.1 Å². The Kier molecular flexibility index (Phi) is 7.67. The number of anilines is 2. The molecule has 1 atom stereocenters. The lowest BCUT2D eigenvalue weighted by Crippen LogP contribution is -2.33. The molecule has 1 rings (SSSR count). The quantitative estimate of drug-likeness (QED) is 0.756. The van der Waals surface area contributed by atoms with Crippen molar-refractivity contribution in [1.82, 2.24) is 19.9 Å². The Morgan fingerprint density at radius 1 is 1.14 bits per heavy atom. The maximum Gasteiger partial charge on any atom is 0.231 e. The molecule has 0 aliphatic rings. The first-order chi connectivity index (χ1) is 10.0. The fraction of sp³-hybridized carbons (Fsp3) is 0.786. The minimum Gasteiger partial charge on any atom is -0.353 e. The maximum atomic E-state index is 5.98. The highest BCUT2D eigenvalue weighted by Gasteiger charge is 2.10. The minimum absolute atomic E-state index is 0.227. The van der Waals surface area contributed by atoms with Gasteiger partial charge in [-0.1, -0.05) is 6.92 Å². The SMILES string of the molecule is CCC(C)N(C)CCNc1nc(Cl)nc(N(CC)CC)n1. The molecule has 0 amide bonds. The van der Waals surface area contributed by atoms with E-state index in [1.807, 2.05) is 4.90 Å². The molecule has 21 heavy (non-hydrogen) atoms. The van der Waals surface area contributed by atoms with Crippen LogP contribution in [-0.4, -0.2) is 59.1 Å². The van der Waals surface area contributed by atoms with Crippen molar-refractivity contribution >= 4 is 23.5 Å². The molecule has 0 radical (unpaired) electrons. The molecule has 1 heterocycles. The molecule has 7 heteroatoms. The van der Waals surface area contributed by atoms with Crippen LogP contribution in [0.1, 0.15) is 34.1 Å². The van der Waals surface area contributed by atoms with Crippen LogP contribution in [0.4, 0.5) is 11.9 Å². The molecule has 0 aromatic carbocycles. The summed E-state index contributed by atoms with van der Waals surface area (Å²) in [6, 6.07) is 0.569. The van der Waals surface area contributed by atoms with E-state index in [4.69, 9.17) is 11.6 Å². The summed E-state index contributed by atoms with van der Waals surface area (Å²) in [5.74, 6) is 1.16. The molecule has 0 spiro atoms. The number of rotatable bonds is 9. The summed E-state index contributed by atoms with van der Waals surface area (Å²) < 4.78 is 0. The van der Waals surface area contributed by atoms with Crippen LogP contribution in [0, 0.1) is 0 Å². The fourth-order valence-electron chi connectivity index (χ4n) is 1.94. The molecule has 0 fully saturated rings. The predicted octanol–water partition coefficient (Wildman–Crippen LogP) is 2.51. The first-order valence-electron chi connectivity index (χ1n) is 7.62. The van der Waals surface area contributed by atoms with Crippen molar-refractivity contribution in [2.45, 2.75) is 40.2 Å². The second-order valence-electron chi connectivity index (χ2n) is 5.06. The van der Waals surface area contributed by atoms with Crippen molar-refractivity contribution in [3.8, 4) is 0 Å². The van der Waals surface area contributed by atoms with Crippen LogP contribution in [0.25, 0.3) is 0 Å². The van der Waals surface area contributed by atoms with Gasteiger partial charge in [0.1, 0.15) is 0 Å². The van der Waals surface area contributed by atoms with Crippen molar-refractivity contribution < 1.29 is 0 Å². The van der Waals surface area contributed by atoms with E-state index in [1.165, 1.54) is 0 Å². The zero-order valence-corrected chi connectivity index (χ0v) is 14.5. The van der Waals surface area contributed by atoms with Gasteiger partial charge in [-0.3, -0.25) is 0 Å². The van der Waals surface area contributed by atoms with E-state index < -0.39 is 0 Å². The van der Waals surface area contributed by atoms with E-state index >= 15 is 0 Å². The summed E-state index contributed by atoms with van der Waals surface area (Å²) in [5.41, 5.74) is 0. The first kappa shape index (κ1) is 17.9. The van der Waals surface area contributed by atoms with E-state index in [9.17, 15) is 0 Å². The van der Waals surface area contributed by atoms with Crippen molar-refractivity contribution in [3.05, 3.63) is 5.28 Å². The zero-order chi connectivity index (χ0) is 15.8. The zero-order valence-electron chi connectivity index (χ0n) is 13.7. The monoisotopic (exact) mass is 314 g/mol. The Hall–Kier alpha value is -1.14. The van der Waals surface area contributed by atoms with Crippen molar-refractivity contribution in [3.63, 3.8) is 0 Å². The third kappa shape index (κ3) is 5.63. The number of halogens is 1. The third-order valence-corrected chi connectivity index (χ3v) is 3.90. The summed E-state index contributed by atoms with van der Waals surface area (Å²) >= 11 is 5.98. The summed E-state index contributed by atoms with van der Waals surface area (Å²) in [4.78, 5) is 17.1. The highest BCUT2D eigenvalue weighted by atomic mass is 35.5. The molecule has 6 nitrogen and oxygen atoms in total. The molecule has 1 N–H and O–H groups in total. The van der Waals surface area contributed by atoms with Crippen LogP contribution >= 0.6 is 11.6 Å². The molecule has 1 aromatic rings. The van der Waals surface area contributed by atoms with Gasteiger partial charge in [-0.05, 0) is 45.8 Å². The second kappa shape index (κ2) is 9.00. The van der Waals surface area contributed by atoms with Gasteiger partial charge in [0.2, 0.25) is 17.2 Å². The number of nitrogens with one attached hydrogen (secondary N) is 1. The molecule has 0 aliphatic heterocycles. The van der Waals surface area contributed by atoms with Crippen LogP contribution in [0.5, 0.6) is 0 Å². The molecule has 1 aromatic heterocycles. The van der Waals surface area contributed by atoms with E-state index in [2.05, 4.69) is 59.9 Å². The summed E-state index contributed by atoms with van der Waals surface area (Å²) in [5, 5.41) is 3.45. The molecular weight excluding hydrogens is 288 g/mol. The van der Waals surface area contributed by atoms with E-state index in [1.54, 1.807) is 0 Å². The molecule has 0 bridgehead atoms. The number of likely N-dealkylation sites (N-methyl/N-ethyl adjacent to an activating group) is 1. The average molecular weight is 315 g/mol. The lowest BCUT2D eigenvalue weighted by atomic mass is 10.2. The van der Waals surface area contributed by atoms with Gasteiger partial charge in [-0.2, -0.15) is 15.0 Å². The van der Waals surface area contributed by atoms with Crippen molar-refractivity contribution in [2.75, 3.05) is 43.4 Å². The maximum absolute atomic E-state index is 5.98.